The first-order valence-corrected chi connectivity index (χ1v) is 7.24. The standard InChI is InChI=1S/C16H23FN2O5/c1-9(18-14(20)16(2,3)19-15(21)24-6)10-7-12(22-4)13(23-5)8-11(10)17/h7-9H,1-6H3,(H,18,20)(H,19,21)/t9-/m1/s1. The summed E-state index contributed by atoms with van der Waals surface area (Å²) in [5.41, 5.74) is -0.996. The Morgan fingerprint density at radius 2 is 1.67 bits per heavy atom. The predicted molar refractivity (Wildman–Crippen MR) is 85.7 cm³/mol. The Morgan fingerprint density at radius 3 is 2.17 bits per heavy atom. The van der Waals surface area contributed by atoms with Gasteiger partial charge in [-0.05, 0) is 26.8 Å². The van der Waals surface area contributed by atoms with Crippen LogP contribution < -0.4 is 20.1 Å². The number of hydrogen-bond donors (Lipinski definition) is 2. The summed E-state index contributed by atoms with van der Waals surface area (Å²) in [5, 5.41) is 5.06. The molecule has 1 aromatic carbocycles. The minimum absolute atomic E-state index is 0.231. The Kier molecular flexibility index (Phi) is 6.39. The lowest BCUT2D eigenvalue weighted by Gasteiger charge is -2.27. The molecule has 24 heavy (non-hydrogen) atoms. The van der Waals surface area contributed by atoms with Gasteiger partial charge >= 0.3 is 6.09 Å². The van der Waals surface area contributed by atoms with Gasteiger partial charge in [0.15, 0.2) is 11.5 Å². The van der Waals surface area contributed by atoms with Crippen LogP contribution in [0, 0.1) is 5.82 Å². The van der Waals surface area contributed by atoms with Crippen LogP contribution in [-0.4, -0.2) is 38.9 Å². The van der Waals surface area contributed by atoms with Crippen molar-refractivity contribution in [2.75, 3.05) is 21.3 Å². The summed E-state index contributed by atoms with van der Waals surface area (Å²) in [4.78, 5) is 23.6. The van der Waals surface area contributed by atoms with Crippen LogP contribution in [0.2, 0.25) is 0 Å². The van der Waals surface area contributed by atoms with Crippen molar-refractivity contribution in [3.05, 3.63) is 23.5 Å². The topological polar surface area (TPSA) is 85.9 Å². The molecule has 0 aliphatic heterocycles. The normalized spacial score (nSPS) is 12.1. The maximum absolute atomic E-state index is 14.2. The second-order valence-corrected chi connectivity index (χ2v) is 5.67. The Morgan fingerprint density at radius 1 is 1.12 bits per heavy atom. The highest BCUT2D eigenvalue weighted by Gasteiger charge is 2.31. The molecule has 0 saturated heterocycles. The summed E-state index contributed by atoms with van der Waals surface area (Å²) in [6.45, 7) is 4.64. The zero-order valence-corrected chi connectivity index (χ0v) is 14.7. The molecule has 1 aromatic rings. The average molecular weight is 342 g/mol. The number of nitrogens with one attached hydrogen (secondary N) is 2. The van der Waals surface area contributed by atoms with Crippen molar-refractivity contribution in [2.45, 2.75) is 32.4 Å². The molecule has 0 aliphatic carbocycles. The summed E-state index contributed by atoms with van der Waals surface area (Å²) in [7, 11) is 4.04. The maximum Gasteiger partial charge on any atom is 0.407 e. The number of rotatable bonds is 6. The molecule has 1 rings (SSSR count). The van der Waals surface area contributed by atoms with E-state index in [0.29, 0.717) is 5.75 Å². The van der Waals surface area contributed by atoms with Gasteiger partial charge in [-0.2, -0.15) is 0 Å². The summed E-state index contributed by atoms with van der Waals surface area (Å²) in [5.74, 6) is -0.430. The molecule has 0 saturated carbocycles. The van der Waals surface area contributed by atoms with Gasteiger partial charge in [-0.1, -0.05) is 0 Å². The lowest BCUT2D eigenvalue weighted by Crippen LogP contribution is -2.55. The van der Waals surface area contributed by atoms with E-state index in [2.05, 4.69) is 15.4 Å². The van der Waals surface area contributed by atoms with Gasteiger partial charge in [0.05, 0.1) is 27.4 Å². The number of alkyl carbamates (subject to hydrolysis) is 1. The molecule has 0 aliphatic rings. The van der Waals surface area contributed by atoms with Crippen molar-refractivity contribution < 1.29 is 28.2 Å². The van der Waals surface area contributed by atoms with Crippen molar-refractivity contribution in [3.8, 4) is 11.5 Å². The highest BCUT2D eigenvalue weighted by Crippen LogP contribution is 2.32. The summed E-state index contributed by atoms with van der Waals surface area (Å²) >= 11 is 0. The van der Waals surface area contributed by atoms with Gasteiger partial charge in [0, 0.05) is 11.6 Å². The van der Waals surface area contributed by atoms with E-state index >= 15 is 0 Å². The fourth-order valence-electron chi connectivity index (χ4n) is 2.02. The second kappa shape index (κ2) is 7.85. The van der Waals surface area contributed by atoms with E-state index in [1.807, 2.05) is 0 Å². The molecule has 0 fully saturated rings. The first-order valence-electron chi connectivity index (χ1n) is 7.24. The number of carbonyl (C=O) groups is 2. The van der Waals surface area contributed by atoms with Crippen molar-refractivity contribution in [2.24, 2.45) is 0 Å². The van der Waals surface area contributed by atoms with E-state index in [1.54, 1.807) is 6.92 Å². The van der Waals surface area contributed by atoms with Gasteiger partial charge in [-0.25, -0.2) is 9.18 Å². The number of amides is 2. The fourth-order valence-corrected chi connectivity index (χ4v) is 2.02. The van der Waals surface area contributed by atoms with Crippen molar-refractivity contribution in [3.63, 3.8) is 0 Å². The SMILES string of the molecule is COC(=O)NC(C)(C)C(=O)N[C@H](C)c1cc(OC)c(OC)cc1F. The molecule has 134 valence electrons. The third-order valence-corrected chi connectivity index (χ3v) is 3.48. The average Bonchev–Trinajstić information content (AvgIpc) is 2.53. The second-order valence-electron chi connectivity index (χ2n) is 5.67. The third kappa shape index (κ3) is 4.50. The van der Waals surface area contributed by atoms with Crippen LogP contribution in [0.15, 0.2) is 12.1 Å². The molecule has 0 radical (unpaired) electrons. The van der Waals surface area contributed by atoms with Gasteiger partial charge in [-0.15, -0.1) is 0 Å². The molecule has 2 amide bonds. The lowest BCUT2D eigenvalue weighted by molar-refractivity contribution is -0.126. The first-order chi connectivity index (χ1) is 11.2. The summed E-state index contributed by atoms with van der Waals surface area (Å²) in [6.07, 6.45) is -0.736. The van der Waals surface area contributed by atoms with Crippen LogP contribution in [0.25, 0.3) is 0 Å². The minimum Gasteiger partial charge on any atom is -0.493 e. The monoisotopic (exact) mass is 342 g/mol. The minimum atomic E-state index is -1.23. The van der Waals surface area contributed by atoms with Crippen LogP contribution in [0.4, 0.5) is 9.18 Å². The maximum atomic E-state index is 14.2. The van der Waals surface area contributed by atoms with Gasteiger partial charge < -0.3 is 24.8 Å². The largest absolute Gasteiger partial charge is 0.493 e. The van der Waals surface area contributed by atoms with E-state index in [9.17, 15) is 14.0 Å². The van der Waals surface area contributed by atoms with Gasteiger partial charge in [0.1, 0.15) is 11.4 Å². The summed E-state index contributed by atoms with van der Waals surface area (Å²) < 4.78 is 28.9. The van der Waals surface area contributed by atoms with E-state index in [4.69, 9.17) is 9.47 Å². The van der Waals surface area contributed by atoms with E-state index in [1.165, 1.54) is 47.3 Å². The van der Waals surface area contributed by atoms with Crippen molar-refractivity contribution in [1.82, 2.24) is 10.6 Å². The van der Waals surface area contributed by atoms with Crippen molar-refractivity contribution in [1.29, 1.82) is 0 Å². The quantitative estimate of drug-likeness (QED) is 0.827. The summed E-state index contributed by atoms with van der Waals surface area (Å²) in [6, 6.07) is 1.99. The zero-order chi connectivity index (χ0) is 18.5. The van der Waals surface area contributed by atoms with Crippen molar-refractivity contribution >= 4 is 12.0 Å². The number of hydrogen-bond acceptors (Lipinski definition) is 5. The highest BCUT2D eigenvalue weighted by atomic mass is 19.1. The highest BCUT2D eigenvalue weighted by molar-refractivity contribution is 5.89. The van der Waals surface area contributed by atoms with E-state index in [0.717, 1.165) is 0 Å². The van der Waals surface area contributed by atoms with E-state index < -0.39 is 29.4 Å². The van der Waals surface area contributed by atoms with Gasteiger partial charge in [0.2, 0.25) is 5.91 Å². The molecule has 8 heteroatoms. The molecule has 0 heterocycles. The molecule has 0 spiro atoms. The van der Waals surface area contributed by atoms with Crippen LogP contribution in [0.5, 0.6) is 11.5 Å². The zero-order valence-electron chi connectivity index (χ0n) is 14.7. The number of halogens is 1. The number of carbonyl (C=O) groups excluding carboxylic acids is 2. The molecular formula is C16H23FN2O5. The Labute approximate surface area is 140 Å². The van der Waals surface area contributed by atoms with Crippen LogP contribution in [0.1, 0.15) is 32.4 Å². The Bertz CT molecular complexity index is 619. The van der Waals surface area contributed by atoms with Crippen LogP contribution in [0.3, 0.4) is 0 Å². The molecule has 1 atom stereocenters. The van der Waals surface area contributed by atoms with E-state index in [-0.39, 0.29) is 11.3 Å². The Balaban J connectivity index is 2.97. The van der Waals surface area contributed by atoms with Gasteiger partial charge in [0.25, 0.3) is 0 Å². The first kappa shape index (κ1) is 19.5. The molecular weight excluding hydrogens is 319 g/mol. The predicted octanol–water partition coefficient (Wildman–Crippen LogP) is 2.15. The lowest BCUT2D eigenvalue weighted by atomic mass is 10.0. The van der Waals surface area contributed by atoms with Gasteiger partial charge in [-0.3, -0.25) is 4.79 Å². The Hall–Kier alpha value is -2.51. The fraction of sp³-hybridized carbons (Fsp3) is 0.500. The van der Waals surface area contributed by atoms with Crippen LogP contribution >= 0.6 is 0 Å². The number of methoxy groups -OCH3 is 3. The third-order valence-electron chi connectivity index (χ3n) is 3.48. The molecule has 0 aromatic heterocycles. The molecule has 2 N–H and O–H groups in total. The number of benzene rings is 1. The number of ether oxygens (including phenoxy) is 3. The molecule has 0 bridgehead atoms. The molecule has 7 nitrogen and oxygen atoms in total. The molecule has 0 unspecified atom stereocenters. The van der Waals surface area contributed by atoms with Crippen LogP contribution in [-0.2, 0) is 9.53 Å². The smallest absolute Gasteiger partial charge is 0.407 e.